The van der Waals surface area contributed by atoms with E-state index in [2.05, 4.69) is 0 Å². The molecule has 0 aliphatic carbocycles. The molecule has 1 atom stereocenters. The van der Waals surface area contributed by atoms with Crippen molar-refractivity contribution in [2.45, 2.75) is 33.1 Å². The van der Waals surface area contributed by atoms with Crippen LogP contribution in [0.2, 0.25) is 0 Å². The highest BCUT2D eigenvalue weighted by atomic mass is 32.1. The molecular weight excluding hydrogens is 246 g/mol. The number of carbonyl (C=O) groups excluding carboxylic acids is 1. The third-order valence-corrected chi connectivity index (χ3v) is 4.58. The fourth-order valence-electron chi connectivity index (χ4n) is 2.68. The van der Waals surface area contributed by atoms with Crippen LogP contribution in [-0.4, -0.2) is 35.6 Å². The Balaban J connectivity index is 2.06. The summed E-state index contributed by atoms with van der Waals surface area (Å²) in [6.07, 6.45) is 3.00. The minimum atomic E-state index is 0.166. The van der Waals surface area contributed by atoms with E-state index in [0.717, 1.165) is 42.8 Å². The van der Waals surface area contributed by atoms with Crippen molar-refractivity contribution in [3.8, 4) is 0 Å². The van der Waals surface area contributed by atoms with E-state index in [-0.39, 0.29) is 12.5 Å². The van der Waals surface area contributed by atoms with Gasteiger partial charge in [0.1, 0.15) is 0 Å². The summed E-state index contributed by atoms with van der Waals surface area (Å²) >= 11 is 1.69. The van der Waals surface area contributed by atoms with E-state index in [1.807, 2.05) is 24.8 Å². The summed E-state index contributed by atoms with van der Waals surface area (Å²) in [5.74, 6) is 0.632. The minimum Gasteiger partial charge on any atom is -0.396 e. The first-order valence-corrected chi connectivity index (χ1v) is 7.40. The summed E-state index contributed by atoms with van der Waals surface area (Å²) in [4.78, 5) is 16.7. The molecule has 1 aromatic rings. The highest BCUT2D eigenvalue weighted by molar-refractivity contribution is 7.12. The number of nitrogens with zero attached hydrogens (tertiary/aromatic N) is 1. The number of aliphatic hydroxyl groups is 1. The monoisotopic (exact) mass is 267 g/mol. The molecule has 1 saturated heterocycles. The standard InChI is InChI=1S/C14H21NO2S/c1-10-8-13(11(2)18-10)14(17)15-6-3-4-12(9-15)5-7-16/h8,12,16H,3-7,9H2,1-2H3. The van der Waals surface area contributed by atoms with Crippen LogP contribution in [0.1, 0.15) is 39.4 Å². The first-order chi connectivity index (χ1) is 8.61. The van der Waals surface area contributed by atoms with Crippen molar-refractivity contribution in [1.29, 1.82) is 0 Å². The zero-order valence-electron chi connectivity index (χ0n) is 11.1. The fourth-order valence-corrected chi connectivity index (χ4v) is 3.60. The lowest BCUT2D eigenvalue weighted by atomic mass is 9.94. The zero-order valence-corrected chi connectivity index (χ0v) is 11.9. The van der Waals surface area contributed by atoms with E-state index < -0.39 is 0 Å². The van der Waals surface area contributed by atoms with Crippen molar-refractivity contribution in [3.05, 3.63) is 21.4 Å². The average Bonchev–Trinajstić information content (AvgIpc) is 2.68. The van der Waals surface area contributed by atoms with Crippen LogP contribution in [0.25, 0.3) is 0 Å². The van der Waals surface area contributed by atoms with Crippen LogP contribution < -0.4 is 0 Å². The Morgan fingerprint density at radius 2 is 2.33 bits per heavy atom. The Bertz CT molecular complexity index is 425. The Kier molecular flexibility index (Phi) is 4.40. The van der Waals surface area contributed by atoms with Gasteiger partial charge >= 0.3 is 0 Å². The molecule has 0 radical (unpaired) electrons. The number of aryl methyl sites for hydroxylation is 2. The Morgan fingerprint density at radius 3 is 2.94 bits per heavy atom. The summed E-state index contributed by atoms with van der Waals surface area (Å²) in [7, 11) is 0. The van der Waals surface area contributed by atoms with Gasteiger partial charge < -0.3 is 10.0 Å². The van der Waals surface area contributed by atoms with Gasteiger partial charge in [-0.15, -0.1) is 11.3 Å². The minimum absolute atomic E-state index is 0.166. The van der Waals surface area contributed by atoms with Gasteiger partial charge in [0, 0.05) is 29.5 Å². The quantitative estimate of drug-likeness (QED) is 0.914. The van der Waals surface area contributed by atoms with Crippen molar-refractivity contribution in [1.82, 2.24) is 4.90 Å². The maximum absolute atomic E-state index is 12.5. The normalized spacial score (nSPS) is 20.2. The number of likely N-dealkylation sites (tertiary alicyclic amines) is 1. The largest absolute Gasteiger partial charge is 0.396 e. The number of carbonyl (C=O) groups is 1. The molecule has 4 heteroatoms. The van der Waals surface area contributed by atoms with E-state index in [9.17, 15) is 4.79 Å². The number of amides is 1. The van der Waals surface area contributed by atoms with E-state index in [0.29, 0.717) is 5.92 Å². The summed E-state index contributed by atoms with van der Waals surface area (Å²) in [6, 6.07) is 2.00. The summed E-state index contributed by atoms with van der Waals surface area (Å²) < 4.78 is 0. The average molecular weight is 267 g/mol. The van der Waals surface area contributed by atoms with Crippen LogP contribution in [0.4, 0.5) is 0 Å². The van der Waals surface area contributed by atoms with Gasteiger partial charge in [0.25, 0.3) is 5.91 Å². The van der Waals surface area contributed by atoms with Crippen molar-refractivity contribution >= 4 is 17.2 Å². The van der Waals surface area contributed by atoms with Crippen molar-refractivity contribution in [3.63, 3.8) is 0 Å². The molecule has 18 heavy (non-hydrogen) atoms. The maximum atomic E-state index is 12.5. The second-order valence-electron chi connectivity index (χ2n) is 5.10. The second kappa shape index (κ2) is 5.85. The van der Waals surface area contributed by atoms with Crippen LogP contribution in [0.5, 0.6) is 0 Å². The number of thiophene rings is 1. The third kappa shape index (κ3) is 2.93. The number of hydrogen-bond donors (Lipinski definition) is 1. The highest BCUT2D eigenvalue weighted by Gasteiger charge is 2.25. The van der Waals surface area contributed by atoms with Gasteiger partial charge in [-0.2, -0.15) is 0 Å². The van der Waals surface area contributed by atoms with Crippen molar-refractivity contribution in [2.24, 2.45) is 5.92 Å². The third-order valence-electron chi connectivity index (χ3n) is 3.61. The van der Waals surface area contributed by atoms with E-state index >= 15 is 0 Å². The van der Waals surface area contributed by atoms with Crippen LogP contribution in [0.15, 0.2) is 6.07 Å². The molecule has 1 N–H and O–H groups in total. The van der Waals surface area contributed by atoms with Gasteiger partial charge in [0.15, 0.2) is 0 Å². The van der Waals surface area contributed by atoms with Crippen molar-refractivity contribution < 1.29 is 9.90 Å². The van der Waals surface area contributed by atoms with Gasteiger partial charge in [0.05, 0.1) is 5.56 Å². The Labute approximate surface area is 112 Å². The topological polar surface area (TPSA) is 40.5 Å². The van der Waals surface area contributed by atoms with Crippen LogP contribution in [0, 0.1) is 19.8 Å². The first-order valence-electron chi connectivity index (χ1n) is 6.59. The van der Waals surface area contributed by atoms with Gasteiger partial charge in [-0.25, -0.2) is 0 Å². The number of hydrogen-bond acceptors (Lipinski definition) is 3. The van der Waals surface area contributed by atoms with Crippen LogP contribution in [0.3, 0.4) is 0 Å². The number of rotatable bonds is 3. The molecular formula is C14H21NO2S. The lowest BCUT2D eigenvalue weighted by Crippen LogP contribution is -2.40. The molecule has 1 aromatic heterocycles. The highest BCUT2D eigenvalue weighted by Crippen LogP contribution is 2.25. The Morgan fingerprint density at radius 1 is 1.56 bits per heavy atom. The Hall–Kier alpha value is -0.870. The molecule has 1 aliphatic rings. The van der Waals surface area contributed by atoms with Gasteiger partial charge in [-0.1, -0.05) is 0 Å². The molecule has 1 aliphatic heterocycles. The lowest BCUT2D eigenvalue weighted by Gasteiger charge is -2.32. The molecule has 0 aromatic carbocycles. The second-order valence-corrected chi connectivity index (χ2v) is 6.56. The molecule has 1 unspecified atom stereocenters. The van der Waals surface area contributed by atoms with Gasteiger partial charge in [0.2, 0.25) is 0 Å². The molecule has 0 bridgehead atoms. The lowest BCUT2D eigenvalue weighted by molar-refractivity contribution is 0.0653. The first kappa shape index (κ1) is 13.6. The summed E-state index contributed by atoms with van der Waals surface area (Å²) in [6.45, 7) is 5.94. The van der Waals surface area contributed by atoms with Gasteiger partial charge in [-0.3, -0.25) is 4.79 Å². The SMILES string of the molecule is Cc1cc(C(=O)N2CCCC(CCO)C2)c(C)s1. The van der Waals surface area contributed by atoms with Crippen molar-refractivity contribution in [2.75, 3.05) is 19.7 Å². The fraction of sp³-hybridized carbons (Fsp3) is 0.643. The van der Waals surface area contributed by atoms with E-state index in [1.165, 1.54) is 4.88 Å². The summed E-state index contributed by atoms with van der Waals surface area (Å²) in [5.41, 5.74) is 0.863. The van der Waals surface area contributed by atoms with Crippen LogP contribution >= 0.6 is 11.3 Å². The molecule has 0 saturated carbocycles. The van der Waals surface area contributed by atoms with Crippen LogP contribution in [-0.2, 0) is 0 Å². The molecule has 0 spiro atoms. The molecule has 3 nitrogen and oxygen atoms in total. The molecule has 100 valence electrons. The molecule has 1 amide bonds. The predicted molar refractivity (Wildman–Crippen MR) is 74.1 cm³/mol. The van der Waals surface area contributed by atoms with E-state index in [4.69, 9.17) is 5.11 Å². The zero-order chi connectivity index (χ0) is 13.1. The molecule has 1 fully saturated rings. The smallest absolute Gasteiger partial charge is 0.254 e. The molecule has 2 heterocycles. The summed E-state index contributed by atoms with van der Waals surface area (Å²) in [5, 5.41) is 9.01. The number of aliphatic hydroxyl groups excluding tert-OH is 1. The van der Waals surface area contributed by atoms with E-state index in [1.54, 1.807) is 11.3 Å². The number of piperidine rings is 1. The molecule has 2 rings (SSSR count). The predicted octanol–water partition coefficient (Wildman–Crippen LogP) is 2.60. The maximum Gasteiger partial charge on any atom is 0.254 e. The van der Waals surface area contributed by atoms with Gasteiger partial charge in [-0.05, 0) is 45.1 Å².